The summed E-state index contributed by atoms with van der Waals surface area (Å²) >= 11 is 0. The maximum atomic E-state index is 9.44. The lowest BCUT2D eigenvalue weighted by atomic mass is 9.95. The Balaban J connectivity index is 3.06. The zero-order valence-corrected chi connectivity index (χ0v) is 14.7. The molecule has 1 aromatic carbocycles. The van der Waals surface area contributed by atoms with Crippen molar-refractivity contribution in [1.82, 2.24) is 0 Å². The molecule has 3 nitrogen and oxygen atoms in total. The molecule has 0 spiro atoms. The summed E-state index contributed by atoms with van der Waals surface area (Å²) in [5.74, 6) is 0. The van der Waals surface area contributed by atoms with E-state index < -0.39 is 0 Å². The molecule has 20 heavy (non-hydrogen) atoms. The zero-order valence-electron chi connectivity index (χ0n) is 13.7. The highest BCUT2D eigenvalue weighted by Gasteiger charge is 2.26. The number of benzene rings is 1. The second kappa shape index (κ2) is 6.29. The van der Waals surface area contributed by atoms with Gasteiger partial charge in [0.25, 0.3) is 0 Å². The smallest absolute Gasteiger partial charge is 0.236 e. The fraction of sp³-hybridized carbons (Fsp3) is 0.625. The van der Waals surface area contributed by atoms with Crippen molar-refractivity contribution in [2.75, 3.05) is 19.0 Å². The van der Waals surface area contributed by atoms with Crippen LogP contribution in [0.5, 0.6) is 0 Å². The molecule has 0 amide bonds. The Hall–Kier alpha value is -0.843. The number of aliphatic hydroxyl groups excluding tert-OH is 1. The molecule has 1 N–H and O–H groups in total. The number of anilines is 1. The van der Waals surface area contributed by atoms with Gasteiger partial charge in [0.2, 0.25) is 9.76 Å². The number of nitrogens with zero attached hydrogens (tertiary/aromatic N) is 1. The molecule has 0 aliphatic rings. The summed E-state index contributed by atoms with van der Waals surface area (Å²) in [4.78, 5) is 2.05. The molecule has 0 saturated carbocycles. The van der Waals surface area contributed by atoms with E-state index in [0.29, 0.717) is 9.76 Å². The lowest BCUT2D eigenvalue weighted by Crippen LogP contribution is -2.28. The molecule has 0 saturated heterocycles. The van der Waals surface area contributed by atoms with Gasteiger partial charge in [-0.2, -0.15) is 0 Å². The molecule has 1 aromatic rings. The third-order valence-electron chi connectivity index (χ3n) is 2.98. The second-order valence-corrected chi connectivity index (χ2v) is 8.81. The molecule has 0 unspecified atom stereocenters. The molecule has 0 atom stereocenters. The van der Waals surface area contributed by atoms with Gasteiger partial charge in [0.15, 0.2) is 0 Å². The van der Waals surface area contributed by atoms with Crippen molar-refractivity contribution in [3.63, 3.8) is 0 Å². The Morgan fingerprint density at radius 3 is 2.15 bits per heavy atom. The largest absolute Gasteiger partial charge is 0.408 e. The van der Waals surface area contributed by atoms with Gasteiger partial charge >= 0.3 is 0 Å². The molecule has 4 heteroatoms. The summed E-state index contributed by atoms with van der Waals surface area (Å²) < 4.78 is 6.14. The van der Waals surface area contributed by atoms with E-state index in [1.807, 2.05) is 31.1 Å². The van der Waals surface area contributed by atoms with Crippen LogP contribution in [0.3, 0.4) is 0 Å². The Labute approximate surface area is 125 Å². The molecular formula is C16H27NO2Si. The van der Waals surface area contributed by atoms with Crippen LogP contribution in [0, 0.1) is 0 Å². The van der Waals surface area contributed by atoms with Crippen LogP contribution >= 0.6 is 0 Å². The van der Waals surface area contributed by atoms with Crippen LogP contribution in [0.15, 0.2) is 18.2 Å². The fourth-order valence-corrected chi connectivity index (χ4v) is 2.39. The van der Waals surface area contributed by atoms with Crippen molar-refractivity contribution >= 4 is 15.5 Å². The van der Waals surface area contributed by atoms with Crippen molar-refractivity contribution in [2.24, 2.45) is 0 Å². The van der Waals surface area contributed by atoms with Crippen molar-refractivity contribution < 1.29 is 9.53 Å². The van der Waals surface area contributed by atoms with Gasteiger partial charge in [0, 0.05) is 19.8 Å². The number of hydrogen-bond donors (Lipinski definition) is 1. The standard InChI is InChI=1S/C16H27NO2Si/c1-15(2,3)20-19-16(4,5)13-8-12(11-18)9-14(10-13)17(6)7/h8-10,18H,11H2,1-7H3. The molecule has 0 aliphatic carbocycles. The molecule has 1 rings (SSSR count). The van der Waals surface area contributed by atoms with E-state index in [2.05, 4.69) is 40.7 Å². The Bertz CT molecular complexity index is 450. The van der Waals surface area contributed by atoms with E-state index in [4.69, 9.17) is 4.43 Å². The summed E-state index contributed by atoms with van der Waals surface area (Å²) in [6.07, 6.45) is 0. The lowest BCUT2D eigenvalue weighted by Gasteiger charge is -2.31. The third-order valence-corrected chi connectivity index (χ3v) is 4.21. The van der Waals surface area contributed by atoms with E-state index in [-0.39, 0.29) is 17.2 Å². The molecule has 0 aliphatic heterocycles. The first kappa shape index (κ1) is 17.2. The normalized spacial score (nSPS) is 12.6. The first-order chi connectivity index (χ1) is 9.05. The first-order valence-corrected chi connectivity index (χ1v) is 7.84. The Kier molecular flexibility index (Phi) is 5.41. The van der Waals surface area contributed by atoms with Crippen molar-refractivity contribution in [1.29, 1.82) is 0 Å². The minimum absolute atomic E-state index is 0.0479. The fourth-order valence-electron chi connectivity index (χ4n) is 1.71. The molecule has 0 aromatic heterocycles. The van der Waals surface area contributed by atoms with E-state index in [1.165, 1.54) is 0 Å². The van der Waals surface area contributed by atoms with Crippen LogP contribution in [-0.2, 0) is 16.6 Å². The molecule has 0 bridgehead atoms. The summed E-state index contributed by atoms with van der Waals surface area (Å²) in [6, 6.07) is 6.16. The van der Waals surface area contributed by atoms with Crippen LogP contribution in [-0.4, -0.2) is 29.0 Å². The van der Waals surface area contributed by atoms with Gasteiger partial charge in [0.1, 0.15) is 0 Å². The van der Waals surface area contributed by atoms with Gasteiger partial charge in [-0.05, 0) is 42.1 Å². The quantitative estimate of drug-likeness (QED) is 0.845. The highest BCUT2D eigenvalue weighted by Crippen LogP contribution is 2.32. The Morgan fingerprint density at radius 2 is 1.70 bits per heavy atom. The average molecular weight is 293 g/mol. The second-order valence-electron chi connectivity index (χ2n) is 6.91. The van der Waals surface area contributed by atoms with Gasteiger partial charge in [-0.25, -0.2) is 0 Å². The van der Waals surface area contributed by atoms with Crippen LogP contribution in [0.4, 0.5) is 5.69 Å². The minimum atomic E-state index is -0.359. The van der Waals surface area contributed by atoms with Crippen molar-refractivity contribution in [3.8, 4) is 0 Å². The summed E-state index contributed by atoms with van der Waals surface area (Å²) in [5, 5.41) is 9.60. The number of aliphatic hydroxyl groups is 1. The van der Waals surface area contributed by atoms with E-state index in [9.17, 15) is 5.11 Å². The topological polar surface area (TPSA) is 32.7 Å². The number of rotatable bonds is 5. The van der Waals surface area contributed by atoms with Crippen LogP contribution < -0.4 is 4.90 Å². The molecule has 0 fully saturated rings. The molecular weight excluding hydrogens is 266 g/mol. The highest BCUT2D eigenvalue weighted by molar-refractivity contribution is 6.31. The SMILES string of the molecule is CN(C)c1cc(CO)cc(C(C)(C)O[Si]C(C)(C)C)c1. The maximum absolute atomic E-state index is 9.44. The minimum Gasteiger partial charge on any atom is -0.408 e. The summed E-state index contributed by atoms with van der Waals surface area (Å²) in [6.45, 7) is 10.8. The monoisotopic (exact) mass is 293 g/mol. The highest BCUT2D eigenvalue weighted by atomic mass is 28.2. The van der Waals surface area contributed by atoms with E-state index >= 15 is 0 Å². The molecule has 0 heterocycles. The van der Waals surface area contributed by atoms with Crippen molar-refractivity contribution in [3.05, 3.63) is 29.3 Å². The molecule has 112 valence electrons. The van der Waals surface area contributed by atoms with Gasteiger partial charge in [-0.15, -0.1) is 0 Å². The lowest BCUT2D eigenvalue weighted by molar-refractivity contribution is 0.109. The van der Waals surface area contributed by atoms with Crippen molar-refractivity contribution in [2.45, 2.75) is 51.9 Å². The zero-order chi connectivity index (χ0) is 15.6. The number of hydrogen-bond acceptors (Lipinski definition) is 3. The average Bonchev–Trinajstić information content (AvgIpc) is 2.35. The molecule has 2 radical (unpaired) electrons. The maximum Gasteiger partial charge on any atom is 0.236 e. The van der Waals surface area contributed by atoms with Crippen LogP contribution in [0.2, 0.25) is 5.04 Å². The predicted molar refractivity (Wildman–Crippen MR) is 86.3 cm³/mol. The van der Waals surface area contributed by atoms with Gasteiger partial charge in [0.05, 0.1) is 12.2 Å². The van der Waals surface area contributed by atoms with Gasteiger partial charge < -0.3 is 14.4 Å². The third kappa shape index (κ3) is 4.92. The van der Waals surface area contributed by atoms with E-state index in [0.717, 1.165) is 16.8 Å². The summed E-state index contributed by atoms with van der Waals surface area (Å²) in [7, 11) is 4.44. The predicted octanol–water partition coefficient (Wildman–Crippen LogP) is 3.33. The van der Waals surface area contributed by atoms with Gasteiger partial charge in [-0.1, -0.05) is 26.8 Å². The summed E-state index contributed by atoms with van der Waals surface area (Å²) in [5.41, 5.74) is 2.75. The Morgan fingerprint density at radius 1 is 1.10 bits per heavy atom. The van der Waals surface area contributed by atoms with Crippen LogP contribution in [0.1, 0.15) is 45.7 Å². The first-order valence-electron chi connectivity index (χ1n) is 6.93. The van der Waals surface area contributed by atoms with Gasteiger partial charge in [-0.3, -0.25) is 0 Å². The van der Waals surface area contributed by atoms with Crippen LogP contribution in [0.25, 0.3) is 0 Å². The van der Waals surface area contributed by atoms with E-state index in [1.54, 1.807) is 0 Å².